The van der Waals surface area contributed by atoms with Crippen LogP contribution in [0.15, 0.2) is 23.1 Å². The van der Waals surface area contributed by atoms with Crippen molar-refractivity contribution in [3.8, 4) is 0 Å². The van der Waals surface area contributed by atoms with E-state index in [1.807, 2.05) is 0 Å². The molecule has 1 saturated carbocycles. The number of benzene rings is 1. The third-order valence-corrected chi connectivity index (χ3v) is 5.56. The van der Waals surface area contributed by atoms with Crippen molar-refractivity contribution in [3.63, 3.8) is 0 Å². The average molecular weight is 441 g/mol. The number of thioether (sulfide) groups is 1. The largest absolute Gasteiger partial charge is 0.354 e. The molecule has 13 heteroatoms. The number of halogens is 1. The molecule has 2 atom stereocenters. The van der Waals surface area contributed by atoms with Crippen LogP contribution in [0.5, 0.6) is 0 Å². The maximum atomic E-state index is 12.4. The van der Waals surface area contributed by atoms with Crippen molar-refractivity contribution in [2.75, 3.05) is 13.1 Å². The van der Waals surface area contributed by atoms with Gasteiger partial charge in [0.1, 0.15) is 10.9 Å². The highest BCUT2D eigenvalue weighted by atomic mass is 35.5. The molecule has 0 radical (unpaired) electrons. The van der Waals surface area contributed by atoms with E-state index >= 15 is 0 Å². The average Bonchev–Trinajstić information content (AvgIpc) is 3.42. The molecule has 1 aromatic rings. The zero-order chi connectivity index (χ0) is 21.3. The first-order valence-electron chi connectivity index (χ1n) is 8.29. The Kier molecular flexibility index (Phi) is 5.84. The molecule has 0 bridgehead atoms. The molecule has 1 saturated heterocycles. The second-order valence-corrected chi connectivity index (χ2v) is 7.69. The van der Waals surface area contributed by atoms with Crippen LogP contribution < -0.4 is 5.32 Å². The van der Waals surface area contributed by atoms with Crippen molar-refractivity contribution in [3.05, 3.63) is 53.9 Å². The molecule has 0 aromatic heterocycles. The fourth-order valence-electron chi connectivity index (χ4n) is 2.72. The Morgan fingerprint density at radius 2 is 2.07 bits per heavy atom. The van der Waals surface area contributed by atoms with E-state index in [1.54, 1.807) is 0 Å². The second-order valence-electron chi connectivity index (χ2n) is 6.29. The van der Waals surface area contributed by atoms with Gasteiger partial charge >= 0.3 is 0 Å². The summed E-state index contributed by atoms with van der Waals surface area (Å²) in [6, 6.07) is 3.11. The molecule has 11 nitrogen and oxygen atoms in total. The molecular formula is C16H13ClN4O7S. The molecular weight excluding hydrogens is 428 g/mol. The predicted molar refractivity (Wildman–Crippen MR) is 103 cm³/mol. The zero-order valence-electron chi connectivity index (χ0n) is 14.6. The summed E-state index contributed by atoms with van der Waals surface area (Å²) < 4.78 is 0. The summed E-state index contributed by atoms with van der Waals surface area (Å²) in [5.74, 6) is -1.76. The number of amides is 3. The van der Waals surface area contributed by atoms with Gasteiger partial charge in [-0.05, 0) is 29.5 Å². The first kappa shape index (κ1) is 20.7. The lowest BCUT2D eigenvalue weighted by Crippen LogP contribution is -2.38. The third-order valence-electron chi connectivity index (χ3n) is 4.34. The molecule has 1 aliphatic heterocycles. The van der Waals surface area contributed by atoms with Gasteiger partial charge in [-0.3, -0.25) is 39.5 Å². The molecule has 1 N–H and O–H groups in total. The van der Waals surface area contributed by atoms with Gasteiger partial charge in [0.2, 0.25) is 11.9 Å². The zero-order valence-corrected chi connectivity index (χ0v) is 16.1. The molecule has 3 rings (SSSR count). The maximum Gasteiger partial charge on any atom is 0.293 e. The molecule has 2 unspecified atom stereocenters. The van der Waals surface area contributed by atoms with E-state index in [0.717, 1.165) is 4.90 Å². The number of nitro benzene ring substituents is 1. The molecule has 0 spiro atoms. The van der Waals surface area contributed by atoms with E-state index in [0.29, 0.717) is 17.3 Å². The van der Waals surface area contributed by atoms with Crippen LogP contribution in [0, 0.1) is 26.1 Å². The van der Waals surface area contributed by atoms with Crippen molar-refractivity contribution in [1.29, 1.82) is 0 Å². The number of rotatable bonds is 7. The van der Waals surface area contributed by atoms with Gasteiger partial charge in [-0.25, -0.2) is 0 Å². The van der Waals surface area contributed by atoms with Crippen LogP contribution in [-0.4, -0.2) is 50.9 Å². The third kappa shape index (κ3) is 4.54. The van der Waals surface area contributed by atoms with Gasteiger partial charge in [-0.15, -0.1) is 0 Å². The van der Waals surface area contributed by atoms with Gasteiger partial charge in [-0.1, -0.05) is 17.7 Å². The number of carbonyl (C=O) groups is 3. The summed E-state index contributed by atoms with van der Waals surface area (Å²) in [5, 5.41) is 23.4. The molecule has 2 fully saturated rings. The first-order valence-corrected chi connectivity index (χ1v) is 9.49. The summed E-state index contributed by atoms with van der Waals surface area (Å²) in [6.45, 7) is -0.123. The number of hydrogen-bond acceptors (Lipinski definition) is 8. The lowest BCUT2D eigenvalue weighted by Gasteiger charge is -2.12. The molecule has 29 heavy (non-hydrogen) atoms. The van der Waals surface area contributed by atoms with Crippen LogP contribution in [0.25, 0.3) is 6.08 Å². The van der Waals surface area contributed by atoms with Crippen LogP contribution in [0.1, 0.15) is 12.0 Å². The summed E-state index contributed by atoms with van der Waals surface area (Å²) in [5.41, 5.74) is 0.00919. The Bertz CT molecular complexity index is 967. The Hall–Kier alpha value is -2.99. The molecule has 1 aromatic carbocycles. The molecule has 2 aliphatic rings. The number of nitro groups is 2. The van der Waals surface area contributed by atoms with E-state index in [2.05, 4.69) is 5.32 Å². The fraction of sp³-hybridized carbons (Fsp3) is 0.312. The lowest BCUT2D eigenvalue weighted by atomic mass is 10.2. The van der Waals surface area contributed by atoms with E-state index in [-0.39, 0.29) is 35.1 Å². The van der Waals surface area contributed by atoms with Gasteiger partial charge < -0.3 is 5.32 Å². The van der Waals surface area contributed by atoms with E-state index in [4.69, 9.17) is 11.6 Å². The van der Waals surface area contributed by atoms with Crippen molar-refractivity contribution in [1.82, 2.24) is 10.2 Å². The van der Waals surface area contributed by atoms with Gasteiger partial charge in [0, 0.05) is 30.5 Å². The minimum atomic E-state index is -0.876. The molecule has 152 valence electrons. The van der Waals surface area contributed by atoms with Crippen molar-refractivity contribution < 1.29 is 24.2 Å². The second kappa shape index (κ2) is 8.17. The van der Waals surface area contributed by atoms with E-state index in [9.17, 15) is 34.6 Å². The van der Waals surface area contributed by atoms with Gasteiger partial charge in [0.15, 0.2) is 0 Å². The standard InChI is InChI=1S/C16H13ClN4O7S/c17-10-2-1-8(5-12(10)21(27)28)6-13-15(23)19(16(24)29-13)4-3-18-14(22)9-7-11(9)20(25)26/h1-2,5-6,9,11H,3-4,7H2,(H,18,22)/b13-6+. The van der Waals surface area contributed by atoms with Gasteiger partial charge in [0.05, 0.1) is 9.83 Å². The number of carbonyl (C=O) groups excluding carboxylic acids is 3. The molecule has 1 heterocycles. The van der Waals surface area contributed by atoms with Crippen LogP contribution in [0.3, 0.4) is 0 Å². The quantitative estimate of drug-likeness (QED) is 0.384. The number of imide groups is 1. The van der Waals surface area contributed by atoms with Crippen LogP contribution in [-0.2, 0) is 9.59 Å². The Morgan fingerprint density at radius 3 is 2.69 bits per heavy atom. The summed E-state index contributed by atoms with van der Waals surface area (Å²) in [4.78, 5) is 57.7. The summed E-state index contributed by atoms with van der Waals surface area (Å²) in [6.07, 6.45) is 1.52. The highest BCUT2D eigenvalue weighted by Crippen LogP contribution is 2.34. The monoisotopic (exact) mass is 440 g/mol. The summed E-state index contributed by atoms with van der Waals surface area (Å²) >= 11 is 6.42. The SMILES string of the molecule is O=C(NCCN1C(=O)S/C(=C/c2ccc(Cl)c([N+](=O)[O-])c2)C1=O)C1CC1[N+](=O)[O-]. The maximum absolute atomic E-state index is 12.4. The van der Waals surface area contributed by atoms with Crippen molar-refractivity contribution >= 4 is 52.2 Å². The number of hydrogen-bond donors (Lipinski definition) is 1. The highest BCUT2D eigenvalue weighted by molar-refractivity contribution is 8.18. The first-order chi connectivity index (χ1) is 13.7. The Balaban J connectivity index is 1.60. The van der Waals surface area contributed by atoms with E-state index in [1.165, 1.54) is 24.3 Å². The van der Waals surface area contributed by atoms with Gasteiger partial charge in [-0.2, -0.15) is 0 Å². The topological polar surface area (TPSA) is 153 Å². The van der Waals surface area contributed by atoms with Crippen molar-refractivity contribution in [2.45, 2.75) is 12.5 Å². The predicted octanol–water partition coefficient (Wildman–Crippen LogP) is 2.07. The smallest absolute Gasteiger partial charge is 0.293 e. The molecule has 1 aliphatic carbocycles. The van der Waals surface area contributed by atoms with Crippen LogP contribution in [0.4, 0.5) is 10.5 Å². The normalized spacial score (nSPS) is 22.1. The minimum Gasteiger partial charge on any atom is -0.354 e. The fourth-order valence-corrected chi connectivity index (χ4v) is 3.77. The number of nitrogens with zero attached hydrogens (tertiary/aromatic N) is 3. The Morgan fingerprint density at radius 1 is 1.34 bits per heavy atom. The Labute approximate surface area is 172 Å². The highest BCUT2D eigenvalue weighted by Gasteiger charge is 2.53. The van der Waals surface area contributed by atoms with Crippen LogP contribution >= 0.6 is 23.4 Å². The minimum absolute atomic E-state index is 0.0303. The lowest BCUT2D eigenvalue weighted by molar-refractivity contribution is -0.497. The number of nitrogens with one attached hydrogen (secondary N) is 1. The van der Waals surface area contributed by atoms with Crippen LogP contribution in [0.2, 0.25) is 5.02 Å². The summed E-state index contributed by atoms with van der Waals surface area (Å²) in [7, 11) is 0. The van der Waals surface area contributed by atoms with E-state index < -0.39 is 38.9 Å². The molecule has 3 amide bonds. The van der Waals surface area contributed by atoms with Gasteiger partial charge in [0.25, 0.3) is 16.8 Å². The van der Waals surface area contributed by atoms with Crippen molar-refractivity contribution in [2.24, 2.45) is 5.92 Å².